The molecule has 0 aromatic rings. The van der Waals surface area contributed by atoms with Gasteiger partial charge in [0, 0.05) is 13.2 Å². The molecular formula is C28H62N2O5P+. The molecule has 7 nitrogen and oxygen atoms in total. The molecule has 0 heterocycles. The van der Waals surface area contributed by atoms with Gasteiger partial charge in [-0.15, -0.1) is 0 Å². The van der Waals surface area contributed by atoms with E-state index < -0.39 is 13.9 Å². The Balaban J connectivity index is 3.69. The zero-order valence-electron chi connectivity index (χ0n) is 24.6. The highest BCUT2D eigenvalue weighted by molar-refractivity contribution is 7.47. The molecule has 0 aliphatic rings. The van der Waals surface area contributed by atoms with Gasteiger partial charge >= 0.3 is 7.82 Å². The fraction of sp³-hybridized carbons (Fsp3) is 1.00. The number of hydrogen-bond acceptors (Lipinski definition) is 5. The summed E-state index contributed by atoms with van der Waals surface area (Å²) in [7, 11) is 1.92. The Morgan fingerprint density at radius 1 is 0.750 bits per heavy atom. The summed E-state index contributed by atoms with van der Waals surface area (Å²) < 4.78 is 29.2. The first-order valence-corrected chi connectivity index (χ1v) is 16.4. The molecule has 2 N–H and O–H groups in total. The molecule has 0 fully saturated rings. The smallest absolute Gasteiger partial charge is 0.379 e. The molecule has 2 unspecified atom stereocenters. The summed E-state index contributed by atoms with van der Waals surface area (Å²) >= 11 is 0. The largest absolute Gasteiger partial charge is 0.472 e. The van der Waals surface area contributed by atoms with Crippen LogP contribution >= 0.6 is 7.82 Å². The monoisotopic (exact) mass is 537 g/mol. The lowest BCUT2D eigenvalue weighted by molar-refractivity contribution is -0.870. The molecule has 0 saturated heterocycles. The summed E-state index contributed by atoms with van der Waals surface area (Å²) in [5, 5.41) is 3.16. The molecule has 0 rings (SSSR count). The second-order valence-corrected chi connectivity index (χ2v) is 12.6. The second-order valence-electron chi connectivity index (χ2n) is 11.2. The lowest BCUT2D eigenvalue weighted by atomic mass is 10.0. The van der Waals surface area contributed by atoms with Crippen molar-refractivity contribution in [3.05, 3.63) is 0 Å². The second kappa shape index (κ2) is 24.1. The first-order chi connectivity index (χ1) is 17.2. The van der Waals surface area contributed by atoms with Crippen molar-refractivity contribution in [1.29, 1.82) is 0 Å². The minimum Gasteiger partial charge on any atom is -0.379 e. The van der Waals surface area contributed by atoms with E-state index in [1.54, 1.807) is 0 Å². The van der Waals surface area contributed by atoms with Crippen LogP contribution in [0, 0.1) is 0 Å². The summed E-state index contributed by atoms with van der Waals surface area (Å²) in [6, 6.07) is 0. The Kier molecular flexibility index (Phi) is 24.1. The predicted octanol–water partition coefficient (Wildman–Crippen LogP) is 7.08. The predicted molar refractivity (Wildman–Crippen MR) is 152 cm³/mol. The number of phosphoric acid groups is 1. The van der Waals surface area contributed by atoms with Gasteiger partial charge in [0.2, 0.25) is 0 Å². The van der Waals surface area contributed by atoms with Gasteiger partial charge < -0.3 is 19.4 Å². The Hall–Kier alpha value is -0.0100. The zero-order chi connectivity index (χ0) is 27.0. The molecule has 2 atom stereocenters. The van der Waals surface area contributed by atoms with E-state index in [0.717, 1.165) is 13.0 Å². The molecule has 218 valence electrons. The van der Waals surface area contributed by atoms with E-state index in [9.17, 15) is 9.46 Å². The number of quaternary nitrogens is 1. The van der Waals surface area contributed by atoms with E-state index in [-0.39, 0.29) is 13.2 Å². The first kappa shape index (κ1) is 36.0. The Labute approximate surface area is 224 Å². The normalized spacial score (nSPS) is 14.7. The average Bonchev–Trinajstić information content (AvgIpc) is 2.80. The summed E-state index contributed by atoms with van der Waals surface area (Å²) in [4.78, 5) is 10.1. The van der Waals surface area contributed by atoms with Crippen molar-refractivity contribution < 1.29 is 27.7 Å². The number of likely N-dealkylation sites (N-methyl/N-ethyl adjacent to an activating group) is 2. The van der Waals surface area contributed by atoms with Gasteiger partial charge in [-0.25, -0.2) is 4.57 Å². The molecule has 8 heteroatoms. The van der Waals surface area contributed by atoms with Gasteiger partial charge in [-0.1, -0.05) is 110 Å². The number of ether oxygens (including phenoxy) is 1. The number of hydrogen-bond donors (Lipinski definition) is 2. The summed E-state index contributed by atoms with van der Waals surface area (Å²) in [6.45, 7) is 7.23. The van der Waals surface area contributed by atoms with Gasteiger partial charge in [-0.05, 0) is 13.0 Å². The lowest BCUT2D eigenvalue weighted by Gasteiger charge is -2.25. The van der Waals surface area contributed by atoms with Crippen LogP contribution in [0.4, 0.5) is 0 Å². The fourth-order valence-electron chi connectivity index (χ4n) is 4.05. The van der Waals surface area contributed by atoms with Crippen LogP contribution in [0.2, 0.25) is 0 Å². The maximum absolute atomic E-state index is 12.3. The van der Waals surface area contributed by atoms with E-state index in [1.807, 2.05) is 28.1 Å². The van der Waals surface area contributed by atoms with Gasteiger partial charge in [0.1, 0.15) is 19.3 Å². The zero-order valence-corrected chi connectivity index (χ0v) is 25.5. The van der Waals surface area contributed by atoms with Crippen molar-refractivity contribution in [3.8, 4) is 0 Å². The minimum atomic E-state index is -4.10. The van der Waals surface area contributed by atoms with Gasteiger partial charge in [0.15, 0.2) is 0 Å². The van der Waals surface area contributed by atoms with Crippen LogP contribution in [-0.2, 0) is 18.3 Å². The molecule has 0 amide bonds. The van der Waals surface area contributed by atoms with Crippen LogP contribution in [0.25, 0.3) is 0 Å². The fourth-order valence-corrected chi connectivity index (χ4v) is 4.93. The number of nitrogens with zero attached hydrogens (tertiary/aromatic N) is 1. The molecule has 36 heavy (non-hydrogen) atoms. The van der Waals surface area contributed by atoms with E-state index in [4.69, 9.17) is 13.8 Å². The lowest BCUT2D eigenvalue weighted by Crippen LogP contribution is -2.37. The quantitative estimate of drug-likeness (QED) is 0.0631. The third kappa shape index (κ3) is 27.0. The van der Waals surface area contributed by atoms with Crippen molar-refractivity contribution in [2.75, 3.05) is 60.6 Å². The van der Waals surface area contributed by atoms with Gasteiger partial charge in [0.05, 0.1) is 27.7 Å². The molecule has 0 aromatic heterocycles. The standard InChI is InChI=1S/C28H61N2O5P/c1-6-8-9-10-11-12-13-14-15-16-17-18-19-20-21-22-24-33-27-28(26-29-7-2)35-36(31,32)34-25-23-30(3,4)5/h28-29H,6-27H2,1-5H3/p+1. The van der Waals surface area contributed by atoms with Crippen molar-refractivity contribution in [1.82, 2.24) is 5.32 Å². The van der Waals surface area contributed by atoms with Crippen LogP contribution < -0.4 is 5.32 Å². The summed E-state index contributed by atoms with van der Waals surface area (Å²) in [5.41, 5.74) is 0. The van der Waals surface area contributed by atoms with Crippen LogP contribution in [0.5, 0.6) is 0 Å². The molecule has 0 spiro atoms. The van der Waals surface area contributed by atoms with Crippen LogP contribution in [0.1, 0.15) is 117 Å². The van der Waals surface area contributed by atoms with E-state index in [2.05, 4.69) is 12.2 Å². The molecule has 0 aliphatic heterocycles. The Morgan fingerprint density at radius 2 is 1.22 bits per heavy atom. The van der Waals surface area contributed by atoms with Gasteiger partial charge in [0.25, 0.3) is 0 Å². The summed E-state index contributed by atoms with van der Waals surface area (Å²) in [5.74, 6) is 0. The molecule has 0 saturated carbocycles. The number of rotatable bonds is 28. The Morgan fingerprint density at radius 3 is 1.67 bits per heavy atom. The average molecular weight is 538 g/mol. The first-order valence-electron chi connectivity index (χ1n) is 14.9. The number of nitrogens with one attached hydrogen (secondary N) is 1. The SMILES string of the molecule is CCCCCCCCCCCCCCCCCCOCC(CNCC)OP(=O)(O)OCC[N+](C)(C)C. The van der Waals surface area contributed by atoms with E-state index in [0.29, 0.717) is 24.2 Å². The molecule has 0 radical (unpaired) electrons. The Bertz CT molecular complexity index is 517. The van der Waals surface area contributed by atoms with Crippen molar-refractivity contribution >= 4 is 7.82 Å². The van der Waals surface area contributed by atoms with E-state index >= 15 is 0 Å². The third-order valence-corrected chi connectivity index (χ3v) is 7.44. The number of unbranched alkanes of at least 4 members (excludes halogenated alkanes) is 15. The van der Waals surface area contributed by atoms with Gasteiger partial charge in [-0.3, -0.25) is 9.05 Å². The summed E-state index contributed by atoms with van der Waals surface area (Å²) in [6.07, 6.45) is 21.0. The van der Waals surface area contributed by atoms with Crippen LogP contribution in [0.3, 0.4) is 0 Å². The highest BCUT2D eigenvalue weighted by atomic mass is 31.2. The molecule has 0 bridgehead atoms. The highest BCUT2D eigenvalue weighted by Crippen LogP contribution is 2.44. The number of phosphoric ester groups is 1. The molecular weight excluding hydrogens is 475 g/mol. The third-order valence-electron chi connectivity index (χ3n) is 6.37. The minimum absolute atomic E-state index is 0.172. The topological polar surface area (TPSA) is 77.0 Å². The van der Waals surface area contributed by atoms with Crippen LogP contribution in [-0.4, -0.2) is 76.1 Å². The van der Waals surface area contributed by atoms with Crippen molar-refractivity contribution in [2.24, 2.45) is 0 Å². The van der Waals surface area contributed by atoms with Crippen LogP contribution in [0.15, 0.2) is 0 Å². The molecule has 0 aliphatic carbocycles. The maximum atomic E-state index is 12.3. The van der Waals surface area contributed by atoms with Gasteiger partial charge in [-0.2, -0.15) is 0 Å². The van der Waals surface area contributed by atoms with Crippen molar-refractivity contribution in [2.45, 2.75) is 123 Å². The highest BCUT2D eigenvalue weighted by Gasteiger charge is 2.27. The molecule has 0 aromatic carbocycles. The maximum Gasteiger partial charge on any atom is 0.472 e. The van der Waals surface area contributed by atoms with E-state index in [1.165, 1.54) is 96.3 Å². The van der Waals surface area contributed by atoms with Crippen molar-refractivity contribution in [3.63, 3.8) is 0 Å².